The largest absolute Gasteiger partial charge is 1.00 e. The van der Waals surface area contributed by atoms with Crippen molar-refractivity contribution in [2.45, 2.75) is 9.79 Å². The van der Waals surface area contributed by atoms with Crippen molar-refractivity contribution < 1.29 is 89.6 Å². The number of rotatable bonds is 2. The van der Waals surface area contributed by atoms with E-state index in [1.54, 1.807) is 0 Å². The Hall–Kier alpha value is -0.0800. The molecule has 0 radical (unpaired) electrons. The van der Waals surface area contributed by atoms with Crippen LogP contribution in [0.15, 0.2) is 38.6 Å². The summed E-state index contributed by atoms with van der Waals surface area (Å²) >= 11 is 0. The van der Waals surface area contributed by atoms with Crippen LogP contribution in [0.25, 0.3) is 21.9 Å². The Labute approximate surface area is 174 Å². The molecule has 13 heteroatoms. The van der Waals surface area contributed by atoms with Crippen molar-refractivity contribution in [3.05, 3.63) is 24.3 Å². The average Bonchev–Trinajstić information content (AvgIpc) is 2.83. The van der Waals surface area contributed by atoms with Gasteiger partial charge in [-0.25, -0.2) is 16.8 Å². The maximum atomic E-state index is 11.3. The van der Waals surface area contributed by atoms with Crippen molar-refractivity contribution in [1.82, 2.24) is 10.4 Å². The maximum Gasteiger partial charge on any atom is 1.00 e. The fourth-order valence-electron chi connectivity index (χ4n) is 1.97. The Balaban J connectivity index is 0.00000132. The quantitative estimate of drug-likeness (QED) is 0.315. The molecular weight excluding hydrogens is 370 g/mol. The molecule has 23 heavy (non-hydrogen) atoms. The zero-order valence-electron chi connectivity index (χ0n) is 11.9. The van der Waals surface area contributed by atoms with Gasteiger partial charge < -0.3 is 13.6 Å². The number of benzene rings is 2. The molecule has 0 atom stereocenters. The molecule has 3 rings (SSSR count). The first-order valence-corrected chi connectivity index (χ1v) is 8.10. The fraction of sp³-hybridized carbons (Fsp3) is 0. The summed E-state index contributed by atoms with van der Waals surface area (Å²) in [5.41, 5.74) is 0.0990. The zero-order chi connectivity index (χ0) is 15.4. The topological polar surface area (TPSA) is 153 Å². The Bertz CT molecular complexity index is 1090. The second kappa shape index (κ2) is 7.04. The minimum atomic E-state index is -4.92. The third kappa shape index (κ3) is 3.95. The molecule has 3 aromatic rings. The first kappa shape index (κ1) is 21.0. The predicted molar refractivity (Wildman–Crippen MR) is 65.2 cm³/mol. The average molecular weight is 374 g/mol. The van der Waals surface area contributed by atoms with Gasteiger partial charge in [-0.2, -0.15) is 0 Å². The zero-order valence-corrected chi connectivity index (χ0v) is 17.5. The molecule has 0 amide bonds. The van der Waals surface area contributed by atoms with Crippen LogP contribution in [0.3, 0.4) is 0 Å². The molecule has 1 aromatic heterocycles. The molecule has 0 spiro atoms. The summed E-state index contributed by atoms with van der Waals surface area (Å²) < 4.78 is 71.7. The van der Waals surface area contributed by atoms with Crippen molar-refractivity contribution in [3.63, 3.8) is 0 Å². The molecule has 9 nitrogen and oxygen atoms in total. The van der Waals surface area contributed by atoms with Gasteiger partial charge in [0.2, 0.25) is 0 Å². The number of aromatic nitrogens is 2. The molecular formula is C10H4N2Na2O7S2. The van der Waals surface area contributed by atoms with E-state index < -0.39 is 30.0 Å². The Morgan fingerprint density at radius 1 is 0.913 bits per heavy atom. The van der Waals surface area contributed by atoms with Crippen molar-refractivity contribution in [1.29, 1.82) is 0 Å². The third-order valence-electron chi connectivity index (χ3n) is 2.85. The second-order valence-electron chi connectivity index (χ2n) is 4.11. The summed E-state index contributed by atoms with van der Waals surface area (Å²) in [6.45, 7) is 0. The minimum Gasteiger partial charge on any atom is -0.744 e. The summed E-state index contributed by atoms with van der Waals surface area (Å²) in [5.74, 6) is 0. The summed E-state index contributed by atoms with van der Waals surface area (Å²) in [7, 11) is -9.73. The van der Waals surface area contributed by atoms with Gasteiger partial charge in [0.05, 0.1) is 9.79 Å². The van der Waals surface area contributed by atoms with Crippen LogP contribution in [0.4, 0.5) is 0 Å². The first-order valence-electron chi connectivity index (χ1n) is 5.28. The van der Waals surface area contributed by atoms with Gasteiger partial charge in [0, 0.05) is 22.1 Å². The van der Waals surface area contributed by atoms with E-state index in [0.717, 1.165) is 18.2 Å². The van der Waals surface area contributed by atoms with Crippen LogP contribution < -0.4 is 59.1 Å². The number of hydrogen-bond donors (Lipinski definition) is 0. The van der Waals surface area contributed by atoms with Gasteiger partial charge in [-0.3, -0.25) is 0 Å². The predicted octanol–water partition coefficient (Wildman–Crippen LogP) is -5.81. The summed E-state index contributed by atoms with van der Waals surface area (Å²) in [4.78, 5) is -1.37. The van der Waals surface area contributed by atoms with Gasteiger partial charge in [0.1, 0.15) is 25.8 Å². The van der Waals surface area contributed by atoms with Crippen LogP contribution >= 0.6 is 0 Å². The molecule has 0 aliphatic carbocycles. The summed E-state index contributed by atoms with van der Waals surface area (Å²) in [6, 6.07) is 3.86. The van der Waals surface area contributed by atoms with Crippen molar-refractivity contribution >= 4 is 42.1 Å². The number of hydrogen-bond acceptors (Lipinski definition) is 9. The molecule has 0 N–H and O–H groups in total. The minimum absolute atomic E-state index is 0. The SMILES string of the molecule is O=S(=O)([O-])c1ccc2c(c1)c(S(=O)(=O)[O-])cc1onnc12.[Na+].[Na+]. The molecule has 2 aromatic carbocycles. The van der Waals surface area contributed by atoms with Crippen molar-refractivity contribution in [2.75, 3.05) is 0 Å². The van der Waals surface area contributed by atoms with Gasteiger partial charge in [-0.15, -0.1) is 5.10 Å². The van der Waals surface area contributed by atoms with E-state index in [-0.39, 0.29) is 81.0 Å². The molecule has 0 saturated carbocycles. The first-order chi connectivity index (χ1) is 9.68. The van der Waals surface area contributed by atoms with Gasteiger partial charge in [-0.05, 0) is 12.1 Å². The van der Waals surface area contributed by atoms with E-state index in [9.17, 15) is 25.9 Å². The number of nitrogens with zero attached hydrogens (tertiary/aromatic N) is 2. The van der Waals surface area contributed by atoms with E-state index in [2.05, 4.69) is 10.4 Å². The monoisotopic (exact) mass is 374 g/mol. The fourth-order valence-corrected chi connectivity index (χ4v) is 3.16. The van der Waals surface area contributed by atoms with Crippen LogP contribution in [0.1, 0.15) is 0 Å². The number of fused-ring (bicyclic) bond motifs is 3. The van der Waals surface area contributed by atoms with Crippen molar-refractivity contribution in [3.8, 4) is 0 Å². The molecule has 0 fully saturated rings. The smallest absolute Gasteiger partial charge is 0.744 e. The summed E-state index contributed by atoms with van der Waals surface area (Å²) in [6.07, 6.45) is 0. The molecule has 1 heterocycles. The van der Waals surface area contributed by atoms with Crippen LogP contribution in [0, 0.1) is 0 Å². The van der Waals surface area contributed by atoms with E-state index in [4.69, 9.17) is 4.52 Å². The molecule has 0 aliphatic rings. The third-order valence-corrected chi connectivity index (χ3v) is 4.55. The van der Waals surface area contributed by atoms with E-state index in [0.29, 0.717) is 0 Å². The molecule has 0 saturated heterocycles. The maximum absolute atomic E-state index is 11.3. The van der Waals surface area contributed by atoms with E-state index in [1.165, 1.54) is 6.07 Å². The van der Waals surface area contributed by atoms with Crippen molar-refractivity contribution in [2.24, 2.45) is 0 Å². The van der Waals surface area contributed by atoms with Gasteiger partial charge in [0.15, 0.2) is 5.58 Å². The molecule has 0 aliphatic heterocycles. The van der Waals surface area contributed by atoms with Gasteiger partial charge in [-0.1, -0.05) is 6.07 Å². The van der Waals surface area contributed by atoms with Gasteiger partial charge >= 0.3 is 59.1 Å². The van der Waals surface area contributed by atoms with Gasteiger partial charge in [0.25, 0.3) is 0 Å². The standard InChI is InChI=1S/C10H6N2O7S2.2Na/c13-20(14,15)5-1-2-6-7(3-5)9(21(16,17)18)4-8-10(6)11-12-19-8;;/h1-4H,(H,13,14,15)(H,16,17,18);;/q;2*+1/p-2. The van der Waals surface area contributed by atoms with E-state index >= 15 is 0 Å². The molecule has 0 unspecified atom stereocenters. The molecule has 0 bridgehead atoms. The van der Waals surface area contributed by atoms with Crippen LogP contribution in [0.2, 0.25) is 0 Å². The Morgan fingerprint density at radius 3 is 2.13 bits per heavy atom. The Kier molecular flexibility index (Phi) is 6.41. The normalized spacial score (nSPS) is 11.9. The molecule has 110 valence electrons. The summed E-state index contributed by atoms with van der Waals surface area (Å²) in [5, 5.41) is 6.77. The van der Waals surface area contributed by atoms with Crippen LogP contribution in [-0.2, 0) is 20.2 Å². The second-order valence-corrected chi connectivity index (χ2v) is 6.84. The van der Waals surface area contributed by atoms with E-state index in [1.807, 2.05) is 0 Å². The van der Waals surface area contributed by atoms with Crippen LogP contribution in [-0.4, -0.2) is 36.3 Å². The Morgan fingerprint density at radius 2 is 1.57 bits per heavy atom. The van der Waals surface area contributed by atoms with Crippen LogP contribution in [0.5, 0.6) is 0 Å².